The largest absolute Gasteiger partial charge is 0.464 e. The van der Waals surface area contributed by atoms with Crippen LogP contribution in [0.2, 0.25) is 0 Å². The minimum Gasteiger partial charge on any atom is -0.464 e. The highest BCUT2D eigenvalue weighted by molar-refractivity contribution is 7.12. The molecule has 0 aliphatic heterocycles. The maximum Gasteiger partial charge on any atom is 0.262 e. The Morgan fingerprint density at radius 2 is 2.12 bits per heavy atom. The van der Waals surface area contributed by atoms with E-state index in [-0.39, 0.29) is 11.9 Å². The van der Waals surface area contributed by atoms with Gasteiger partial charge in [0.2, 0.25) is 0 Å². The van der Waals surface area contributed by atoms with Crippen molar-refractivity contribution in [2.45, 2.75) is 26.8 Å². The van der Waals surface area contributed by atoms with Gasteiger partial charge in [-0.2, -0.15) is 0 Å². The third kappa shape index (κ3) is 2.58. The number of aryl methyl sites for hydroxylation is 2. The molecule has 0 fully saturated rings. The zero-order valence-electron chi connectivity index (χ0n) is 10.1. The molecule has 90 valence electrons. The van der Waals surface area contributed by atoms with E-state index in [2.05, 4.69) is 5.32 Å². The average molecular weight is 249 g/mol. The van der Waals surface area contributed by atoms with Crippen LogP contribution < -0.4 is 5.32 Å². The van der Waals surface area contributed by atoms with E-state index in [0.29, 0.717) is 0 Å². The molecule has 0 aromatic carbocycles. The van der Waals surface area contributed by atoms with Gasteiger partial charge >= 0.3 is 0 Å². The first-order valence-corrected chi connectivity index (χ1v) is 6.37. The van der Waals surface area contributed by atoms with Crippen molar-refractivity contribution in [1.29, 1.82) is 0 Å². The van der Waals surface area contributed by atoms with Gasteiger partial charge in [-0.05, 0) is 49.9 Å². The summed E-state index contributed by atoms with van der Waals surface area (Å²) in [6.45, 7) is 5.74. The average Bonchev–Trinajstić information content (AvgIpc) is 2.86. The molecule has 0 spiro atoms. The summed E-state index contributed by atoms with van der Waals surface area (Å²) in [7, 11) is 0. The van der Waals surface area contributed by atoms with Crippen molar-refractivity contribution < 1.29 is 9.21 Å². The lowest BCUT2D eigenvalue weighted by atomic mass is 10.2. The fourth-order valence-electron chi connectivity index (χ4n) is 1.62. The maximum atomic E-state index is 12.0. The Balaban J connectivity index is 2.07. The molecule has 1 atom stereocenters. The van der Waals surface area contributed by atoms with Crippen molar-refractivity contribution in [2.75, 3.05) is 0 Å². The summed E-state index contributed by atoms with van der Waals surface area (Å²) in [5.41, 5.74) is 1.01. The monoisotopic (exact) mass is 249 g/mol. The molecule has 0 radical (unpaired) electrons. The lowest BCUT2D eigenvalue weighted by molar-refractivity contribution is 0.0938. The van der Waals surface area contributed by atoms with E-state index in [1.54, 1.807) is 0 Å². The predicted octanol–water partition coefficient (Wildman–Crippen LogP) is 3.45. The molecule has 0 unspecified atom stereocenters. The third-order valence-corrected chi connectivity index (χ3v) is 3.62. The van der Waals surface area contributed by atoms with Crippen LogP contribution in [0.25, 0.3) is 0 Å². The number of hydrogen-bond donors (Lipinski definition) is 1. The second-order valence-corrected chi connectivity index (χ2v) is 4.99. The highest BCUT2D eigenvalue weighted by Gasteiger charge is 2.16. The summed E-state index contributed by atoms with van der Waals surface area (Å²) in [6, 6.07) is 5.62. The Bertz CT molecular complexity index is 527. The zero-order chi connectivity index (χ0) is 12.4. The third-order valence-electron chi connectivity index (χ3n) is 2.60. The van der Waals surface area contributed by atoms with E-state index in [4.69, 9.17) is 4.42 Å². The van der Waals surface area contributed by atoms with Crippen molar-refractivity contribution in [3.05, 3.63) is 45.5 Å². The van der Waals surface area contributed by atoms with E-state index in [1.165, 1.54) is 11.3 Å². The van der Waals surface area contributed by atoms with Crippen LogP contribution in [0, 0.1) is 13.8 Å². The molecule has 0 saturated carbocycles. The molecule has 2 heterocycles. The molecule has 1 amide bonds. The number of amides is 1. The molecule has 0 bridgehead atoms. The van der Waals surface area contributed by atoms with Crippen molar-refractivity contribution in [3.8, 4) is 0 Å². The van der Waals surface area contributed by atoms with Gasteiger partial charge in [-0.1, -0.05) is 0 Å². The fraction of sp³-hybridized carbons (Fsp3) is 0.308. The van der Waals surface area contributed by atoms with Crippen LogP contribution >= 0.6 is 11.3 Å². The number of carbonyl (C=O) groups excluding carboxylic acids is 1. The van der Waals surface area contributed by atoms with Crippen LogP contribution in [0.1, 0.15) is 39.7 Å². The Morgan fingerprint density at radius 3 is 2.65 bits per heavy atom. The van der Waals surface area contributed by atoms with Crippen LogP contribution in [0.5, 0.6) is 0 Å². The van der Waals surface area contributed by atoms with Gasteiger partial charge in [0.15, 0.2) is 0 Å². The molecule has 0 aliphatic rings. The SMILES string of the molecule is Cc1ccc([C@H](C)NC(=O)c2sccc2C)o1. The summed E-state index contributed by atoms with van der Waals surface area (Å²) in [5.74, 6) is 1.59. The van der Waals surface area contributed by atoms with E-state index < -0.39 is 0 Å². The number of thiophene rings is 1. The van der Waals surface area contributed by atoms with Gasteiger partial charge in [0.25, 0.3) is 5.91 Å². The Labute approximate surface area is 104 Å². The summed E-state index contributed by atoms with van der Waals surface area (Å²) in [5, 5.41) is 4.85. The topological polar surface area (TPSA) is 42.2 Å². The first kappa shape index (κ1) is 11.9. The van der Waals surface area contributed by atoms with Crippen molar-refractivity contribution in [2.24, 2.45) is 0 Å². The van der Waals surface area contributed by atoms with Crippen molar-refractivity contribution in [1.82, 2.24) is 5.32 Å². The number of furan rings is 1. The Kier molecular flexibility index (Phi) is 3.33. The summed E-state index contributed by atoms with van der Waals surface area (Å²) in [6.07, 6.45) is 0. The van der Waals surface area contributed by atoms with Crippen LogP contribution in [-0.2, 0) is 0 Å². The van der Waals surface area contributed by atoms with E-state index >= 15 is 0 Å². The molecular formula is C13H15NO2S. The zero-order valence-corrected chi connectivity index (χ0v) is 10.9. The summed E-state index contributed by atoms with van der Waals surface area (Å²) < 4.78 is 5.48. The van der Waals surface area contributed by atoms with Gasteiger partial charge in [0.1, 0.15) is 11.5 Å². The summed E-state index contributed by atoms with van der Waals surface area (Å²) in [4.78, 5) is 12.7. The first-order valence-electron chi connectivity index (χ1n) is 5.49. The first-order chi connectivity index (χ1) is 8.08. The smallest absolute Gasteiger partial charge is 0.262 e. The molecule has 4 heteroatoms. The number of carbonyl (C=O) groups is 1. The van der Waals surface area contributed by atoms with Gasteiger partial charge < -0.3 is 9.73 Å². The van der Waals surface area contributed by atoms with Crippen molar-refractivity contribution in [3.63, 3.8) is 0 Å². The number of hydrogen-bond acceptors (Lipinski definition) is 3. The lowest BCUT2D eigenvalue weighted by Crippen LogP contribution is -2.26. The minimum absolute atomic E-state index is 0.0425. The van der Waals surface area contributed by atoms with Gasteiger partial charge in [-0.25, -0.2) is 0 Å². The molecule has 2 aromatic heterocycles. The van der Waals surface area contributed by atoms with E-state index in [0.717, 1.165) is 22.0 Å². The highest BCUT2D eigenvalue weighted by atomic mass is 32.1. The second kappa shape index (κ2) is 4.75. The number of nitrogens with one attached hydrogen (secondary N) is 1. The van der Waals surface area contributed by atoms with Gasteiger partial charge in [0.05, 0.1) is 10.9 Å². The van der Waals surface area contributed by atoms with Crippen LogP contribution in [0.4, 0.5) is 0 Å². The van der Waals surface area contributed by atoms with E-state index in [1.807, 2.05) is 44.4 Å². The molecule has 2 aromatic rings. The Morgan fingerprint density at radius 1 is 1.35 bits per heavy atom. The highest BCUT2D eigenvalue weighted by Crippen LogP contribution is 2.19. The summed E-state index contributed by atoms with van der Waals surface area (Å²) >= 11 is 1.46. The Hall–Kier alpha value is -1.55. The van der Waals surface area contributed by atoms with Gasteiger partial charge in [0, 0.05) is 0 Å². The standard InChI is InChI=1S/C13H15NO2S/c1-8-6-7-17-12(8)13(15)14-10(3)11-5-4-9(2)16-11/h4-7,10H,1-3H3,(H,14,15)/t10-/m0/s1. The molecule has 0 aliphatic carbocycles. The molecule has 3 nitrogen and oxygen atoms in total. The lowest BCUT2D eigenvalue weighted by Gasteiger charge is -2.10. The normalized spacial score (nSPS) is 12.4. The quantitative estimate of drug-likeness (QED) is 0.905. The molecular weight excluding hydrogens is 234 g/mol. The van der Waals surface area contributed by atoms with Crippen LogP contribution in [0.15, 0.2) is 28.0 Å². The molecule has 1 N–H and O–H groups in total. The minimum atomic E-state index is -0.113. The molecule has 17 heavy (non-hydrogen) atoms. The predicted molar refractivity (Wildman–Crippen MR) is 68.4 cm³/mol. The molecule has 0 saturated heterocycles. The van der Waals surface area contributed by atoms with Crippen molar-refractivity contribution >= 4 is 17.2 Å². The fourth-order valence-corrected chi connectivity index (χ4v) is 2.45. The van der Waals surface area contributed by atoms with E-state index in [9.17, 15) is 4.79 Å². The number of rotatable bonds is 3. The van der Waals surface area contributed by atoms with Crippen LogP contribution in [-0.4, -0.2) is 5.91 Å². The van der Waals surface area contributed by atoms with Crippen LogP contribution in [0.3, 0.4) is 0 Å². The van der Waals surface area contributed by atoms with Gasteiger partial charge in [-0.15, -0.1) is 11.3 Å². The second-order valence-electron chi connectivity index (χ2n) is 4.08. The maximum absolute atomic E-state index is 12.0. The van der Waals surface area contributed by atoms with Gasteiger partial charge in [-0.3, -0.25) is 4.79 Å². The molecule has 2 rings (SSSR count).